The number of aliphatic hydroxyl groups is 2. The lowest BCUT2D eigenvalue weighted by Crippen LogP contribution is -2.51. The Bertz CT molecular complexity index is 2840. The number of anilines is 2. The topological polar surface area (TPSA) is 226 Å². The van der Waals surface area contributed by atoms with E-state index in [1.165, 1.54) is 40.9 Å². The van der Waals surface area contributed by atoms with Gasteiger partial charge in [-0.15, -0.1) is 0 Å². The molecule has 6 atom stereocenters. The maximum Gasteiger partial charge on any atom is 0.416 e. The summed E-state index contributed by atoms with van der Waals surface area (Å²) in [4.78, 5) is 86.2. The number of aliphatic hydroxyl groups excluding tert-OH is 2. The number of allylic oxidation sites excluding steroid dienone is 4. The Balaban J connectivity index is 1.06. The molecule has 19 heteroatoms. The van der Waals surface area contributed by atoms with Gasteiger partial charge >= 0.3 is 6.09 Å². The lowest BCUT2D eigenvalue weighted by Gasteiger charge is -2.32. The van der Waals surface area contributed by atoms with Gasteiger partial charge in [0, 0.05) is 37.5 Å². The van der Waals surface area contributed by atoms with E-state index in [1.54, 1.807) is 50.5 Å². The molecule has 0 saturated heterocycles. The fourth-order valence-corrected chi connectivity index (χ4v) is 9.66. The second-order valence-electron chi connectivity index (χ2n) is 19.3. The first kappa shape index (κ1) is 56.0. The van der Waals surface area contributed by atoms with E-state index in [-0.39, 0.29) is 83.8 Å². The minimum Gasteiger partial charge on any atom is -0.493 e. The van der Waals surface area contributed by atoms with Crippen LogP contribution >= 0.6 is 0 Å². The zero-order valence-electron chi connectivity index (χ0n) is 44.2. The van der Waals surface area contributed by atoms with Gasteiger partial charge in [0.25, 0.3) is 17.7 Å². The number of methoxy groups -OCH3 is 1. The molecule has 7 rings (SSSR count). The number of rotatable bonds is 21. The molecule has 0 saturated carbocycles. The van der Waals surface area contributed by atoms with Crippen molar-refractivity contribution in [2.24, 2.45) is 5.92 Å². The fourth-order valence-electron chi connectivity index (χ4n) is 9.66. The van der Waals surface area contributed by atoms with Crippen LogP contribution < -0.4 is 34.6 Å². The summed E-state index contributed by atoms with van der Waals surface area (Å²) >= 11 is 0. The molecule has 0 aliphatic carbocycles. The van der Waals surface area contributed by atoms with Crippen molar-refractivity contribution < 1.29 is 62.7 Å². The highest BCUT2D eigenvalue weighted by Crippen LogP contribution is 2.43. The predicted molar refractivity (Wildman–Crippen MR) is 283 cm³/mol. The van der Waals surface area contributed by atoms with Crippen molar-refractivity contribution in [2.45, 2.75) is 118 Å². The third kappa shape index (κ3) is 12.2. The van der Waals surface area contributed by atoms with E-state index < -0.39 is 61.1 Å². The highest BCUT2D eigenvalue weighted by atomic mass is 16.6. The number of fused-ring (bicyclic) bond motifs is 4. The normalized spacial score (nSPS) is 19.7. The fraction of sp³-hybridized carbons (Fsp3) is 0.404. The van der Waals surface area contributed by atoms with Gasteiger partial charge in [-0.1, -0.05) is 69.0 Å². The molecule has 0 radical (unpaired) electrons. The average molecular weight is 1050 g/mol. The summed E-state index contributed by atoms with van der Waals surface area (Å²) in [5, 5.41) is 29.7. The molecule has 0 fully saturated rings. The summed E-state index contributed by atoms with van der Waals surface area (Å²) in [5.41, 5.74) is 4.16. The third-order valence-electron chi connectivity index (χ3n) is 13.6. The smallest absolute Gasteiger partial charge is 0.416 e. The number of hydrogen-bond donors (Lipinski definition) is 4. The Hall–Kier alpha value is -7.74. The monoisotopic (exact) mass is 1040 g/mol. The minimum absolute atomic E-state index is 0.0384. The Kier molecular flexibility index (Phi) is 18.2. The number of ketones is 1. The molecule has 0 bridgehead atoms. The van der Waals surface area contributed by atoms with Crippen molar-refractivity contribution in [2.75, 3.05) is 36.7 Å². The maximum absolute atomic E-state index is 14.3. The molecule has 0 spiro atoms. The SMILES string of the molecule is C=COCC(=O)N1c2cc(OCCCOc3cc4c(cc3OC)C(=O)N3C=C(/C=C/C)C[C@H]3[C@H](O)N4C(=O)OCc3ccc(CNC(C)C(=O)N[C@H](C(C)=O)C(C)C)cc3)c(C)cc2C(=O)N2C=C(/C=C/C)C[C@H]2[C@@H]1O. The summed E-state index contributed by atoms with van der Waals surface area (Å²) in [6, 6.07) is 10.6. The molecule has 0 aromatic heterocycles. The van der Waals surface area contributed by atoms with Crippen molar-refractivity contribution >= 4 is 46.9 Å². The van der Waals surface area contributed by atoms with Crippen LogP contribution in [-0.2, 0) is 37.0 Å². The van der Waals surface area contributed by atoms with Gasteiger partial charge in [0.1, 0.15) is 12.4 Å². The lowest BCUT2D eigenvalue weighted by molar-refractivity contribution is -0.128. The standard InChI is InChI=1S/C57H68N6O13/c1-10-14-39-23-45-55(69)62(50(65)32-73-12-3)43-26-47(34(6)22-41(43)53(67)60(45)29-39)74-20-13-21-75-49-27-44-42(25-48(49)72-9)54(68)61-30-40(15-11-2)24-46(61)56(70)63(44)57(71)76-31-38-18-16-37(17-19-38)28-58-35(7)52(66)59-51(33(4)5)36(8)64/h10-12,14-19,22,25-27,29-30,33,35,45-46,51,55-56,58,69-70H,3,13,20-21,23-24,28,31-32H2,1-2,4-9H3,(H,59,66)/b14-10+,15-11+/t35?,45-,46-,51-,55-,56-/m0/s1. The van der Waals surface area contributed by atoms with Crippen molar-refractivity contribution in [3.05, 3.63) is 137 Å². The molecule has 3 aromatic rings. The van der Waals surface area contributed by atoms with Crippen LogP contribution in [0.3, 0.4) is 0 Å². The molecule has 4 aliphatic heterocycles. The maximum atomic E-state index is 14.3. The molecular weight excluding hydrogens is 977 g/mol. The van der Waals surface area contributed by atoms with Crippen molar-refractivity contribution in [3.8, 4) is 17.2 Å². The summed E-state index contributed by atoms with van der Waals surface area (Å²) in [6.45, 7) is 15.8. The molecule has 3 aromatic carbocycles. The van der Waals surface area contributed by atoms with Gasteiger partial charge in [0.2, 0.25) is 5.91 Å². The summed E-state index contributed by atoms with van der Waals surface area (Å²) < 4.78 is 29.2. The van der Waals surface area contributed by atoms with Crippen molar-refractivity contribution in [3.63, 3.8) is 0 Å². The van der Waals surface area contributed by atoms with Gasteiger partial charge in [-0.05, 0) is 93.3 Å². The molecule has 4 aliphatic rings. The molecule has 404 valence electrons. The molecule has 76 heavy (non-hydrogen) atoms. The Morgan fingerprint density at radius 3 is 1.91 bits per heavy atom. The van der Waals surface area contributed by atoms with E-state index in [4.69, 9.17) is 23.7 Å². The van der Waals surface area contributed by atoms with E-state index in [0.29, 0.717) is 36.3 Å². The number of aryl methyl sites for hydroxylation is 1. The van der Waals surface area contributed by atoms with Crippen LogP contribution in [0.15, 0.2) is 109 Å². The number of carbonyl (C=O) groups is 6. The predicted octanol–water partition coefficient (Wildman–Crippen LogP) is 6.71. The largest absolute Gasteiger partial charge is 0.493 e. The molecule has 4 N–H and O–H groups in total. The summed E-state index contributed by atoms with van der Waals surface area (Å²) in [5.74, 6) is -1.19. The van der Waals surface area contributed by atoms with Crippen LogP contribution in [0.2, 0.25) is 0 Å². The van der Waals surface area contributed by atoms with Gasteiger partial charge in [-0.25, -0.2) is 9.69 Å². The molecule has 4 heterocycles. The number of Topliss-reactive ketones (excluding diaryl/α,β-unsaturated/α-hetero) is 1. The van der Waals surface area contributed by atoms with E-state index in [9.17, 15) is 39.0 Å². The van der Waals surface area contributed by atoms with E-state index in [1.807, 2.05) is 64.1 Å². The Morgan fingerprint density at radius 2 is 1.34 bits per heavy atom. The zero-order chi connectivity index (χ0) is 55.0. The second kappa shape index (κ2) is 24.7. The number of carbonyl (C=O) groups excluding carboxylic acids is 6. The zero-order valence-corrected chi connectivity index (χ0v) is 44.2. The second-order valence-corrected chi connectivity index (χ2v) is 19.3. The average Bonchev–Trinajstić information content (AvgIpc) is 4.01. The minimum atomic E-state index is -1.55. The van der Waals surface area contributed by atoms with Crippen LogP contribution in [0.4, 0.5) is 16.2 Å². The van der Waals surface area contributed by atoms with Crippen LogP contribution in [0.1, 0.15) is 98.2 Å². The van der Waals surface area contributed by atoms with Gasteiger partial charge < -0.3 is 54.3 Å². The molecule has 19 nitrogen and oxygen atoms in total. The van der Waals surface area contributed by atoms with E-state index in [2.05, 4.69) is 17.2 Å². The Morgan fingerprint density at radius 1 is 0.789 bits per heavy atom. The van der Waals surface area contributed by atoms with Gasteiger partial charge in [-0.2, -0.15) is 0 Å². The molecule has 1 unspecified atom stereocenters. The van der Waals surface area contributed by atoms with Gasteiger partial charge in [0.05, 0.1) is 73.3 Å². The molecule has 5 amide bonds. The van der Waals surface area contributed by atoms with Gasteiger partial charge in [-0.3, -0.25) is 28.9 Å². The quantitative estimate of drug-likeness (QED) is 0.0643. The van der Waals surface area contributed by atoms with Crippen LogP contribution in [0, 0.1) is 12.8 Å². The third-order valence-corrected chi connectivity index (χ3v) is 13.6. The van der Waals surface area contributed by atoms with Crippen molar-refractivity contribution in [1.82, 2.24) is 20.4 Å². The van der Waals surface area contributed by atoms with Crippen LogP contribution in [-0.4, -0.2) is 119 Å². The number of nitrogens with one attached hydrogen (secondary N) is 2. The van der Waals surface area contributed by atoms with E-state index in [0.717, 1.165) is 27.9 Å². The molecular formula is C57H68N6O13. The van der Waals surface area contributed by atoms with Crippen molar-refractivity contribution in [1.29, 1.82) is 0 Å². The summed E-state index contributed by atoms with van der Waals surface area (Å²) in [7, 11) is 1.42. The lowest BCUT2D eigenvalue weighted by atomic mass is 10.0. The number of ether oxygens (including phenoxy) is 5. The number of hydrogen-bond acceptors (Lipinski definition) is 14. The summed E-state index contributed by atoms with van der Waals surface area (Å²) in [6.07, 6.45) is 8.84. The van der Waals surface area contributed by atoms with E-state index >= 15 is 0 Å². The first-order valence-electron chi connectivity index (χ1n) is 25.3. The Labute approximate surface area is 443 Å². The van der Waals surface area contributed by atoms with Crippen LogP contribution in [0.25, 0.3) is 0 Å². The van der Waals surface area contributed by atoms with Gasteiger partial charge in [0.15, 0.2) is 36.3 Å². The first-order valence-corrected chi connectivity index (χ1v) is 25.3. The first-order chi connectivity index (χ1) is 36.4. The number of nitrogens with zero attached hydrogens (tertiary/aromatic N) is 4. The van der Waals surface area contributed by atoms with Crippen LogP contribution in [0.5, 0.6) is 17.2 Å². The highest BCUT2D eigenvalue weighted by molar-refractivity contribution is 6.08. The number of amides is 5. The highest BCUT2D eigenvalue weighted by Gasteiger charge is 2.47. The number of benzene rings is 3.